The van der Waals surface area contributed by atoms with Crippen molar-refractivity contribution in [1.82, 2.24) is 14.9 Å². The Labute approximate surface area is 215 Å². The number of carbonyl (C=O) groups is 1. The fourth-order valence-electron chi connectivity index (χ4n) is 5.59. The summed E-state index contributed by atoms with van der Waals surface area (Å²) in [4.78, 5) is 22.9. The molecule has 0 fully saturated rings. The lowest BCUT2D eigenvalue weighted by Crippen LogP contribution is -2.49. The lowest BCUT2D eigenvalue weighted by molar-refractivity contribution is -0.172. The summed E-state index contributed by atoms with van der Waals surface area (Å²) in [5, 5.41) is 0. The van der Waals surface area contributed by atoms with Gasteiger partial charge in [-0.1, -0.05) is 26.0 Å². The van der Waals surface area contributed by atoms with E-state index in [9.17, 15) is 9.18 Å². The fourth-order valence-corrected chi connectivity index (χ4v) is 5.59. The first-order valence-electron chi connectivity index (χ1n) is 13.1. The Morgan fingerprint density at radius 1 is 1.36 bits per heavy atom. The Morgan fingerprint density at radius 2 is 2.17 bits per heavy atom. The average molecular weight is 500 g/mol. The summed E-state index contributed by atoms with van der Waals surface area (Å²) in [7, 11) is 3.61. The minimum atomic E-state index is -0.649. The molecule has 2 aromatic rings. The van der Waals surface area contributed by atoms with Gasteiger partial charge in [-0.15, -0.1) is 6.58 Å². The molecule has 2 atom stereocenters. The van der Waals surface area contributed by atoms with Crippen LogP contribution in [0.1, 0.15) is 68.1 Å². The molecule has 1 aromatic heterocycles. The van der Waals surface area contributed by atoms with Crippen molar-refractivity contribution in [2.24, 2.45) is 5.92 Å². The van der Waals surface area contributed by atoms with Gasteiger partial charge >= 0.3 is 5.97 Å². The van der Waals surface area contributed by atoms with Gasteiger partial charge in [-0.25, -0.2) is 14.2 Å². The van der Waals surface area contributed by atoms with Crippen LogP contribution in [0.15, 0.2) is 37.1 Å². The zero-order valence-electron chi connectivity index (χ0n) is 22.3. The quantitative estimate of drug-likeness (QED) is 0.285. The summed E-state index contributed by atoms with van der Waals surface area (Å²) in [6, 6.07) is 5.03. The minimum absolute atomic E-state index is 0.00633. The highest BCUT2D eigenvalue weighted by Crippen LogP contribution is 2.48. The van der Waals surface area contributed by atoms with Crippen molar-refractivity contribution in [2.45, 2.75) is 70.3 Å². The Bertz CT molecular complexity index is 1010. The first kappa shape index (κ1) is 28.1. The number of carbonyl (C=O) groups excluding carboxylic acids is 1. The van der Waals surface area contributed by atoms with Gasteiger partial charge in [0.15, 0.2) is 0 Å². The number of halogens is 1. The van der Waals surface area contributed by atoms with Crippen molar-refractivity contribution in [3.63, 3.8) is 0 Å². The SMILES string of the molecule is C=CCCc1cnc(CCCN(C)CC[C@@]2(OC(=O)COC)CCc3cc(F)ccc3C2C(C)C)[nH]1. The highest BCUT2D eigenvalue weighted by Gasteiger charge is 2.47. The largest absolute Gasteiger partial charge is 0.457 e. The van der Waals surface area contributed by atoms with E-state index in [2.05, 4.69) is 42.3 Å². The van der Waals surface area contributed by atoms with Gasteiger partial charge < -0.3 is 19.4 Å². The van der Waals surface area contributed by atoms with Gasteiger partial charge in [-0.3, -0.25) is 0 Å². The van der Waals surface area contributed by atoms with Crippen molar-refractivity contribution in [3.05, 3.63) is 65.5 Å². The molecule has 1 aromatic carbocycles. The molecular weight excluding hydrogens is 457 g/mol. The van der Waals surface area contributed by atoms with Crippen LogP contribution in [0.25, 0.3) is 0 Å². The Hall–Kier alpha value is -2.51. The van der Waals surface area contributed by atoms with Crippen LogP contribution in [0.5, 0.6) is 0 Å². The summed E-state index contributed by atoms with van der Waals surface area (Å²) < 4.78 is 25.3. The molecule has 0 radical (unpaired) electrons. The van der Waals surface area contributed by atoms with E-state index >= 15 is 0 Å². The second-order valence-corrected chi connectivity index (χ2v) is 10.4. The number of H-pyrrole nitrogens is 1. The van der Waals surface area contributed by atoms with Gasteiger partial charge in [0.2, 0.25) is 0 Å². The van der Waals surface area contributed by atoms with Crippen molar-refractivity contribution in [3.8, 4) is 0 Å². The van der Waals surface area contributed by atoms with Crippen LogP contribution < -0.4 is 0 Å². The van der Waals surface area contributed by atoms with Crippen LogP contribution in [0.4, 0.5) is 4.39 Å². The number of benzene rings is 1. The van der Waals surface area contributed by atoms with Crippen molar-refractivity contribution < 1.29 is 18.7 Å². The Kier molecular flexibility index (Phi) is 10.3. The maximum atomic E-state index is 14.0. The Morgan fingerprint density at radius 3 is 2.89 bits per heavy atom. The van der Waals surface area contributed by atoms with Crippen LogP contribution in [0, 0.1) is 11.7 Å². The van der Waals surface area contributed by atoms with E-state index in [4.69, 9.17) is 9.47 Å². The summed E-state index contributed by atoms with van der Waals surface area (Å²) in [6.45, 7) is 9.71. The number of hydrogen-bond acceptors (Lipinski definition) is 5. The molecule has 1 heterocycles. The molecule has 0 aliphatic heterocycles. The smallest absolute Gasteiger partial charge is 0.332 e. The van der Waals surface area contributed by atoms with Crippen LogP contribution >= 0.6 is 0 Å². The highest BCUT2D eigenvalue weighted by molar-refractivity contribution is 5.71. The third kappa shape index (κ3) is 7.26. The summed E-state index contributed by atoms with van der Waals surface area (Å²) in [5.74, 6) is 0.673. The highest BCUT2D eigenvalue weighted by atomic mass is 19.1. The number of ether oxygens (including phenoxy) is 2. The topological polar surface area (TPSA) is 67.5 Å². The number of nitrogens with one attached hydrogen (secondary N) is 1. The van der Waals surface area contributed by atoms with E-state index in [-0.39, 0.29) is 30.2 Å². The molecule has 198 valence electrons. The number of aromatic nitrogens is 2. The van der Waals surface area contributed by atoms with Crippen molar-refractivity contribution in [1.29, 1.82) is 0 Å². The summed E-state index contributed by atoms with van der Waals surface area (Å²) >= 11 is 0. The monoisotopic (exact) mass is 499 g/mol. The maximum absolute atomic E-state index is 14.0. The number of methoxy groups -OCH3 is 1. The number of allylic oxidation sites excluding steroid dienone is 1. The summed E-state index contributed by atoms with van der Waals surface area (Å²) in [5.41, 5.74) is 2.61. The van der Waals surface area contributed by atoms with Gasteiger partial charge in [-0.2, -0.15) is 0 Å². The zero-order valence-corrected chi connectivity index (χ0v) is 22.3. The second-order valence-electron chi connectivity index (χ2n) is 10.4. The molecule has 1 unspecified atom stereocenters. The standard InChI is InChI=1S/C29H42FN3O3/c1-6-7-9-24-19-31-26(32-24)10-8-16-33(4)17-15-29(36-27(34)20-35-5)14-13-22-18-23(30)11-12-25(22)28(29)21(2)3/h6,11-12,18-19,21,28H,1,7-10,13-17,20H2,2-5H3,(H,31,32)/t28?,29-/m0/s1. The second kappa shape index (κ2) is 13.2. The first-order chi connectivity index (χ1) is 17.3. The van der Waals surface area contributed by atoms with Crippen molar-refractivity contribution in [2.75, 3.05) is 33.9 Å². The average Bonchev–Trinajstić information content (AvgIpc) is 3.29. The van der Waals surface area contributed by atoms with Crippen LogP contribution in [0.2, 0.25) is 0 Å². The van der Waals surface area contributed by atoms with Crippen LogP contribution in [-0.2, 0) is 33.5 Å². The molecule has 0 amide bonds. The van der Waals surface area contributed by atoms with E-state index < -0.39 is 5.60 Å². The zero-order chi connectivity index (χ0) is 26.1. The van der Waals surface area contributed by atoms with E-state index in [1.165, 1.54) is 13.2 Å². The molecule has 7 heteroatoms. The Balaban J connectivity index is 1.67. The molecular formula is C29H42FN3O3. The van der Waals surface area contributed by atoms with Gasteiger partial charge in [0.1, 0.15) is 23.8 Å². The van der Waals surface area contributed by atoms with E-state index in [0.717, 1.165) is 61.4 Å². The van der Waals surface area contributed by atoms with E-state index in [0.29, 0.717) is 19.3 Å². The number of aryl methyl sites for hydroxylation is 3. The number of rotatable bonds is 14. The van der Waals surface area contributed by atoms with Crippen LogP contribution in [0.3, 0.4) is 0 Å². The lowest BCUT2D eigenvalue weighted by atomic mass is 9.65. The molecule has 3 rings (SSSR count). The molecule has 0 spiro atoms. The third-order valence-corrected chi connectivity index (χ3v) is 7.24. The molecule has 6 nitrogen and oxygen atoms in total. The van der Waals surface area contributed by atoms with E-state index in [1.807, 2.05) is 18.3 Å². The molecule has 1 aliphatic carbocycles. The third-order valence-electron chi connectivity index (χ3n) is 7.24. The molecule has 1 aliphatic rings. The molecule has 1 N–H and O–H groups in total. The number of aromatic amines is 1. The van der Waals surface area contributed by atoms with Gasteiger partial charge in [-0.05, 0) is 74.9 Å². The number of esters is 1. The minimum Gasteiger partial charge on any atom is -0.457 e. The van der Waals surface area contributed by atoms with E-state index in [1.54, 1.807) is 6.07 Å². The van der Waals surface area contributed by atoms with Crippen molar-refractivity contribution >= 4 is 5.97 Å². The summed E-state index contributed by atoms with van der Waals surface area (Å²) in [6.07, 6.45) is 9.66. The first-order valence-corrected chi connectivity index (χ1v) is 13.1. The number of nitrogens with zero attached hydrogens (tertiary/aromatic N) is 2. The lowest BCUT2D eigenvalue weighted by Gasteiger charge is -2.47. The normalized spacial score (nSPS) is 19.5. The van der Waals surface area contributed by atoms with Gasteiger partial charge in [0.05, 0.1) is 0 Å². The van der Waals surface area contributed by atoms with Crippen LogP contribution in [-0.4, -0.2) is 60.3 Å². The predicted octanol–water partition coefficient (Wildman–Crippen LogP) is 5.24. The number of fused-ring (bicyclic) bond motifs is 1. The predicted molar refractivity (Wildman–Crippen MR) is 141 cm³/mol. The number of imidazole rings is 1. The molecule has 36 heavy (non-hydrogen) atoms. The molecule has 0 saturated carbocycles. The molecule has 0 bridgehead atoms. The fraction of sp³-hybridized carbons (Fsp3) is 0.586. The number of hydrogen-bond donors (Lipinski definition) is 1. The maximum Gasteiger partial charge on any atom is 0.332 e. The van der Waals surface area contributed by atoms with Gasteiger partial charge in [0.25, 0.3) is 0 Å². The molecule has 0 saturated heterocycles. The van der Waals surface area contributed by atoms with Gasteiger partial charge in [0, 0.05) is 44.3 Å².